The summed E-state index contributed by atoms with van der Waals surface area (Å²) in [4.78, 5) is 14.2. The minimum atomic E-state index is 0. The summed E-state index contributed by atoms with van der Waals surface area (Å²) in [5.41, 5.74) is 6.25. The molecule has 1 aliphatic heterocycles. The van der Waals surface area contributed by atoms with Crippen molar-refractivity contribution in [2.75, 3.05) is 19.6 Å². The Hall–Kier alpha value is -0.290. The van der Waals surface area contributed by atoms with Gasteiger partial charge in [0.1, 0.15) is 0 Å². The van der Waals surface area contributed by atoms with E-state index in [1.54, 1.807) is 12.1 Å². The summed E-state index contributed by atoms with van der Waals surface area (Å²) in [7, 11) is 0. The average Bonchev–Trinajstić information content (AvgIpc) is 2.38. The molecule has 1 aromatic rings. The number of piperidine rings is 1. The van der Waals surface area contributed by atoms with E-state index in [0.29, 0.717) is 23.0 Å². The molecule has 2 N–H and O–H groups in total. The second-order valence-electron chi connectivity index (χ2n) is 4.62. The van der Waals surface area contributed by atoms with E-state index in [1.807, 2.05) is 11.0 Å². The van der Waals surface area contributed by atoms with E-state index in [0.717, 1.165) is 30.4 Å². The number of amides is 1. The Morgan fingerprint density at radius 2 is 2.26 bits per heavy atom. The number of carbonyl (C=O) groups excluding carboxylic acids is 1. The van der Waals surface area contributed by atoms with Crippen LogP contribution in [0, 0.1) is 5.92 Å². The van der Waals surface area contributed by atoms with Gasteiger partial charge in [0, 0.05) is 17.6 Å². The fraction of sp³-hybridized carbons (Fsp3) is 0.462. The first-order valence-corrected chi connectivity index (χ1v) is 7.23. The predicted octanol–water partition coefficient (Wildman–Crippen LogP) is 3.34. The SMILES string of the molecule is Cl.NCC1CCCN(C(=O)c2ccc(Br)cc2Cl)C1. The minimum Gasteiger partial charge on any atom is -0.338 e. The lowest BCUT2D eigenvalue weighted by Gasteiger charge is -2.32. The Morgan fingerprint density at radius 3 is 2.89 bits per heavy atom. The van der Waals surface area contributed by atoms with Gasteiger partial charge in [0.25, 0.3) is 5.91 Å². The van der Waals surface area contributed by atoms with Crippen LogP contribution in [0.3, 0.4) is 0 Å². The summed E-state index contributed by atoms with van der Waals surface area (Å²) < 4.78 is 0.877. The van der Waals surface area contributed by atoms with Gasteiger partial charge in [-0.05, 0) is 43.5 Å². The summed E-state index contributed by atoms with van der Waals surface area (Å²) in [5.74, 6) is 0.419. The van der Waals surface area contributed by atoms with Gasteiger partial charge in [0.15, 0.2) is 0 Å². The molecular formula is C13H17BrCl2N2O. The zero-order chi connectivity index (χ0) is 13.1. The third-order valence-electron chi connectivity index (χ3n) is 3.30. The highest BCUT2D eigenvalue weighted by molar-refractivity contribution is 9.10. The highest BCUT2D eigenvalue weighted by Gasteiger charge is 2.24. The highest BCUT2D eigenvalue weighted by Crippen LogP contribution is 2.24. The summed E-state index contributed by atoms with van der Waals surface area (Å²) in [5, 5.41) is 0.490. The molecular weight excluding hydrogens is 351 g/mol. The van der Waals surface area contributed by atoms with Crippen molar-refractivity contribution < 1.29 is 4.79 Å². The molecule has 0 bridgehead atoms. The lowest BCUT2D eigenvalue weighted by molar-refractivity contribution is 0.0678. The molecule has 106 valence electrons. The smallest absolute Gasteiger partial charge is 0.255 e. The minimum absolute atomic E-state index is 0. The van der Waals surface area contributed by atoms with Crippen molar-refractivity contribution in [3.05, 3.63) is 33.3 Å². The standard InChI is InChI=1S/C13H16BrClN2O.ClH/c14-10-3-4-11(12(15)6-10)13(18)17-5-1-2-9(7-16)8-17;/h3-4,6,9H,1-2,5,7-8,16H2;1H. The maximum absolute atomic E-state index is 12.4. The largest absolute Gasteiger partial charge is 0.338 e. The van der Waals surface area contributed by atoms with Crippen LogP contribution in [0.2, 0.25) is 5.02 Å². The first kappa shape index (κ1) is 16.8. The molecule has 1 fully saturated rings. The van der Waals surface area contributed by atoms with Gasteiger partial charge in [-0.3, -0.25) is 4.79 Å². The Kier molecular flexibility index (Phi) is 6.60. The van der Waals surface area contributed by atoms with E-state index < -0.39 is 0 Å². The van der Waals surface area contributed by atoms with Crippen molar-refractivity contribution in [2.24, 2.45) is 11.7 Å². The molecule has 0 spiro atoms. The number of benzene rings is 1. The van der Waals surface area contributed by atoms with E-state index in [-0.39, 0.29) is 18.3 Å². The van der Waals surface area contributed by atoms with Gasteiger partial charge in [-0.25, -0.2) is 0 Å². The van der Waals surface area contributed by atoms with Gasteiger partial charge in [0.2, 0.25) is 0 Å². The van der Waals surface area contributed by atoms with Crippen LogP contribution >= 0.6 is 39.9 Å². The van der Waals surface area contributed by atoms with Crippen LogP contribution in [0.5, 0.6) is 0 Å². The van der Waals surface area contributed by atoms with Crippen molar-refractivity contribution in [2.45, 2.75) is 12.8 Å². The molecule has 1 amide bonds. The molecule has 0 aromatic heterocycles. The van der Waals surface area contributed by atoms with Crippen molar-refractivity contribution in [3.63, 3.8) is 0 Å². The Bertz CT molecular complexity index is 456. The van der Waals surface area contributed by atoms with Crippen LogP contribution in [0.15, 0.2) is 22.7 Å². The molecule has 1 aromatic carbocycles. The third kappa shape index (κ3) is 4.09. The number of nitrogens with zero attached hydrogens (tertiary/aromatic N) is 1. The van der Waals surface area contributed by atoms with Crippen LogP contribution in [0.1, 0.15) is 23.2 Å². The molecule has 19 heavy (non-hydrogen) atoms. The molecule has 1 atom stereocenters. The van der Waals surface area contributed by atoms with Crippen LogP contribution in [-0.4, -0.2) is 30.4 Å². The normalized spacial score (nSPS) is 18.9. The van der Waals surface area contributed by atoms with Gasteiger partial charge in [0.05, 0.1) is 10.6 Å². The summed E-state index contributed by atoms with van der Waals surface area (Å²) >= 11 is 9.45. The molecule has 0 aliphatic carbocycles. The maximum atomic E-state index is 12.4. The van der Waals surface area contributed by atoms with Crippen molar-refractivity contribution in [1.82, 2.24) is 4.90 Å². The predicted molar refractivity (Wildman–Crippen MR) is 84.1 cm³/mol. The van der Waals surface area contributed by atoms with Crippen LogP contribution < -0.4 is 5.73 Å². The maximum Gasteiger partial charge on any atom is 0.255 e. The second kappa shape index (κ2) is 7.48. The van der Waals surface area contributed by atoms with Crippen LogP contribution in [0.4, 0.5) is 0 Å². The van der Waals surface area contributed by atoms with Crippen LogP contribution in [-0.2, 0) is 0 Å². The number of hydrogen-bond acceptors (Lipinski definition) is 2. The van der Waals surface area contributed by atoms with E-state index in [1.165, 1.54) is 0 Å². The Labute approximate surface area is 133 Å². The van der Waals surface area contributed by atoms with Crippen LogP contribution in [0.25, 0.3) is 0 Å². The summed E-state index contributed by atoms with van der Waals surface area (Å²) in [6.07, 6.45) is 2.12. The number of rotatable bonds is 2. The summed E-state index contributed by atoms with van der Waals surface area (Å²) in [6, 6.07) is 5.35. The molecule has 1 saturated heterocycles. The van der Waals surface area contributed by atoms with E-state index >= 15 is 0 Å². The molecule has 1 aliphatic rings. The van der Waals surface area contributed by atoms with E-state index in [9.17, 15) is 4.79 Å². The van der Waals surface area contributed by atoms with Gasteiger partial charge < -0.3 is 10.6 Å². The highest BCUT2D eigenvalue weighted by atomic mass is 79.9. The number of hydrogen-bond donors (Lipinski definition) is 1. The van der Waals surface area contributed by atoms with Gasteiger partial charge >= 0.3 is 0 Å². The van der Waals surface area contributed by atoms with E-state index in [4.69, 9.17) is 17.3 Å². The Balaban J connectivity index is 0.00000180. The monoisotopic (exact) mass is 366 g/mol. The summed E-state index contributed by atoms with van der Waals surface area (Å²) in [6.45, 7) is 2.17. The molecule has 1 unspecified atom stereocenters. The quantitative estimate of drug-likeness (QED) is 0.871. The second-order valence-corrected chi connectivity index (χ2v) is 5.94. The van der Waals surface area contributed by atoms with Crippen molar-refractivity contribution in [3.8, 4) is 0 Å². The lowest BCUT2D eigenvalue weighted by atomic mass is 9.97. The zero-order valence-electron chi connectivity index (χ0n) is 10.4. The van der Waals surface area contributed by atoms with E-state index in [2.05, 4.69) is 15.9 Å². The van der Waals surface area contributed by atoms with Gasteiger partial charge in [-0.1, -0.05) is 27.5 Å². The average molecular weight is 368 g/mol. The number of likely N-dealkylation sites (tertiary alicyclic amines) is 1. The van der Waals surface area contributed by atoms with Gasteiger partial charge in [-0.2, -0.15) is 0 Å². The first-order chi connectivity index (χ1) is 8.61. The fourth-order valence-electron chi connectivity index (χ4n) is 2.28. The number of carbonyl (C=O) groups is 1. The topological polar surface area (TPSA) is 46.3 Å². The number of nitrogens with two attached hydrogens (primary N) is 1. The molecule has 3 nitrogen and oxygen atoms in total. The molecule has 0 radical (unpaired) electrons. The number of halogens is 3. The fourth-order valence-corrected chi connectivity index (χ4v) is 3.03. The van der Waals surface area contributed by atoms with Crippen molar-refractivity contribution >= 4 is 45.8 Å². The van der Waals surface area contributed by atoms with Gasteiger partial charge in [-0.15, -0.1) is 12.4 Å². The molecule has 1 heterocycles. The third-order valence-corrected chi connectivity index (χ3v) is 4.11. The molecule has 6 heteroatoms. The Morgan fingerprint density at radius 1 is 1.53 bits per heavy atom. The molecule has 2 rings (SSSR count). The zero-order valence-corrected chi connectivity index (χ0v) is 13.6. The van der Waals surface area contributed by atoms with Crippen molar-refractivity contribution in [1.29, 1.82) is 0 Å². The lowest BCUT2D eigenvalue weighted by Crippen LogP contribution is -2.42. The molecule has 0 saturated carbocycles. The first-order valence-electron chi connectivity index (χ1n) is 6.06.